The Morgan fingerprint density at radius 1 is 1.19 bits per heavy atom. The van der Waals surface area contributed by atoms with E-state index in [2.05, 4.69) is 29.5 Å². The number of anilines is 1. The number of carbonyl (C=O) groups excluding carboxylic acids is 3. The maximum Gasteiger partial charge on any atom is 0.327 e. The standard InChI is InChI=1S/C24H29N5O3/c1-16(2)17-8-10-18(11-9-17)27-21(30)15-28-20-7-5-13-26-22(20)23(31)29(24(28)32)14-19-6-3-4-12-25-19/h3-4,6,8-12,16,20,22,26H,5,7,13-15H2,1-2H3,(H,27,30). The van der Waals surface area contributed by atoms with Gasteiger partial charge in [-0.05, 0) is 55.1 Å². The Kier molecular flexibility index (Phi) is 6.50. The summed E-state index contributed by atoms with van der Waals surface area (Å²) in [5.41, 5.74) is 2.50. The molecule has 2 unspecified atom stereocenters. The molecule has 8 heteroatoms. The number of pyridine rings is 1. The lowest BCUT2D eigenvalue weighted by molar-refractivity contribution is -0.138. The van der Waals surface area contributed by atoms with Gasteiger partial charge in [0.1, 0.15) is 12.6 Å². The number of hydrogen-bond donors (Lipinski definition) is 2. The molecular formula is C24H29N5O3. The summed E-state index contributed by atoms with van der Waals surface area (Å²) in [4.78, 5) is 46.2. The average molecular weight is 436 g/mol. The monoisotopic (exact) mass is 435 g/mol. The van der Waals surface area contributed by atoms with Crippen LogP contribution in [0.1, 0.15) is 43.9 Å². The maximum absolute atomic E-state index is 13.3. The first-order valence-electron chi connectivity index (χ1n) is 11.1. The highest BCUT2D eigenvalue weighted by atomic mass is 16.2. The molecule has 4 amide bonds. The number of hydrogen-bond acceptors (Lipinski definition) is 5. The molecule has 1 aromatic carbocycles. The molecule has 2 aromatic rings. The van der Waals surface area contributed by atoms with Crippen LogP contribution in [0.5, 0.6) is 0 Å². The summed E-state index contributed by atoms with van der Waals surface area (Å²) in [6, 6.07) is 11.8. The molecule has 2 fully saturated rings. The summed E-state index contributed by atoms with van der Waals surface area (Å²) >= 11 is 0. The van der Waals surface area contributed by atoms with E-state index in [9.17, 15) is 14.4 Å². The van der Waals surface area contributed by atoms with E-state index in [1.165, 1.54) is 15.4 Å². The second kappa shape index (κ2) is 9.48. The van der Waals surface area contributed by atoms with Crippen LogP contribution in [0, 0.1) is 0 Å². The number of imide groups is 1. The number of piperidine rings is 1. The van der Waals surface area contributed by atoms with Crippen molar-refractivity contribution in [1.29, 1.82) is 0 Å². The third-order valence-corrected chi connectivity index (χ3v) is 6.06. The SMILES string of the molecule is CC(C)c1ccc(NC(=O)CN2C(=O)N(Cc3ccccn3)C(=O)C3NCCCC32)cc1. The highest BCUT2D eigenvalue weighted by Crippen LogP contribution is 2.26. The lowest BCUT2D eigenvalue weighted by Gasteiger charge is -2.46. The first kappa shape index (κ1) is 22.0. The highest BCUT2D eigenvalue weighted by Gasteiger charge is 2.47. The first-order valence-corrected chi connectivity index (χ1v) is 11.1. The fourth-order valence-corrected chi connectivity index (χ4v) is 4.31. The summed E-state index contributed by atoms with van der Waals surface area (Å²) in [5, 5.41) is 6.12. The van der Waals surface area contributed by atoms with Gasteiger partial charge in [-0.1, -0.05) is 32.0 Å². The number of fused-ring (bicyclic) bond motifs is 1. The Morgan fingerprint density at radius 2 is 1.97 bits per heavy atom. The van der Waals surface area contributed by atoms with Crippen molar-refractivity contribution in [3.05, 3.63) is 59.9 Å². The molecule has 8 nitrogen and oxygen atoms in total. The van der Waals surface area contributed by atoms with Gasteiger partial charge < -0.3 is 15.5 Å². The minimum atomic E-state index is -0.511. The zero-order valence-electron chi connectivity index (χ0n) is 18.5. The predicted molar refractivity (Wildman–Crippen MR) is 121 cm³/mol. The van der Waals surface area contributed by atoms with Crippen LogP contribution in [0.2, 0.25) is 0 Å². The first-order chi connectivity index (χ1) is 15.4. The van der Waals surface area contributed by atoms with Crippen molar-refractivity contribution in [3.8, 4) is 0 Å². The fourth-order valence-electron chi connectivity index (χ4n) is 4.31. The number of benzene rings is 1. The normalized spacial score (nSPS) is 21.0. The van der Waals surface area contributed by atoms with Crippen LogP contribution in [-0.4, -0.2) is 57.8 Å². The molecule has 2 aliphatic rings. The van der Waals surface area contributed by atoms with Gasteiger partial charge >= 0.3 is 6.03 Å². The molecule has 2 atom stereocenters. The molecule has 2 saturated heterocycles. The zero-order valence-corrected chi connectivity index (χ0v) is 18.5. The van der Waals surface area contributed by atoms with E-state index in [1.54, 1.807) is 18.3 Å². The minimum Gasteiger partial charge on any atom is -0.325 e. The van der Waals surface area contributed by atoms with E-state index in [0.717, 1.165) is 6.42 Å². The highest BCUT2D eigenvalue weighted by molar-refractivity contribution is 6.02. The molecule has 3 heterocycles. The maximum atomic E-state index is 13.3. The third kappa shape index (κ3) is 4.65. The summed E-state index contributed by atoms with van der Waals surface area (Å²) in [6.07, 6.45) is 3.16. The van der Waals surface area contributed by atoms with Crippen LogP contribution in [0.15, 0.2) is 48.7 Å². The van der Waals surface area contributed by atoms with Crippen molar-refractivity contribution in [1.82, 2.24) is 20.1 Å². The second-order valence-electron chi connectivity index (χ2n) is 8.62. The van der Waals surface area contributed by atoms with Crippen molar-refractivity contribution in [3.63, 3.8) is 0 Å². The van der Waals surface area contributed by atoms with Crippen LogP contribution >= 0.6 is 0 Å². The van der Waals surface area contributed by atoms with Crippen molar-refractivity contribution in [2.45, 2.75) is 51.2 Å². The quantitative estimate of drug-likeness (QED) is 0.728. The van der Waals surface area contributed by atoms with Crippen molar-refractivity contribution in [2.24, 2.45) is 0 Å². The van der Waals surface area contributed by atoms with Gasteiger partial charge in [-0.25, -0.2) is 4.79 Å². The molecule has 168 valence electrons. The number of rotatable bonds is 6. The van der Waals surface area contributed by atoms with Gasteiger partial charge in [0.05, 0.1) is 18.3 Å². The minimum absolute atomic E-state index is 0.0815. The van der Waals surface area contributed by atoms with Crippen LogP contribution in [0.25, 0.3) is 0 Å². The second-order valence-corrected chi connectivity index (χ2v) is 8.62. The smallest absolute Gasteiger partial charge is 0.325 e. The van der Waals surface area contributed by atoms with E-state index in [4.69, 9.17) is 0 Å². The Bertz CT molecular complexity index is 977. The van der Waals surface area contributed by atoms with E-state index >= 15 is 0 Å². The van der Waals surface area contributed by atoms with Crippen molar-refractivity contribution < 1.29 is 14.4 Å². The summed E-state index contributed by atoms with van der Waals surface area (Å²) in [7, 11) is 0. The summed E-state index contributed by atoms with van der Waals surface area (Å²) in [5.74, 6) is -0.137. The Balaban J connectivity index is 1.50. The zero-order chi connectivity index (χ0) is 22.7. The summed E-state index contributed by atoms with van der Waals surface area (Å²) in [6.45, 7) is 4.91. The van der Waals surface area contributed by atoms with Gasteiger partial charge in [0.25, 0.3) is 0 Å². The van der Waals surface area contributed by atoms with Gasteiger partial charge in [0, 0.05) is 11.9 Å². The Hall–Kier alpha value is -3.26. The summed E-state index contributed by atoms with van der Waals surface area (Å²) < 4.78 is 0. The molecule has 0 spiro atoms. The number of amides is 4. The van der Waals surface area contributed by atoms with Crippen LogP contribution in [0.4, 0.5) is 10.5 Å². The number of nitrogens with one attached hydrogen (secondary N) is 2. The third-order valence-electron chi connectivity index (χ3n) is 6.06. The van der Waals surface area contributed by atoms with Gasteiger partial charge in [0.2, 0.25) is 11.8 Å². The van der Waals surface area contributed by atoms with Gasteiger partial charge in [-0.2, -0.15) is 0 Å². The molecule has 1 aromatic heterocycles. The average Bonchev–Trinajstić information content (AvgIpc) is 2.80. The molecule has 0 bridgehead atoms. The molecule has 2 aliphatic heterocycles. The number of carbonyl (C=O) groups is 3. The van der Waals surface area contributed by atoms with Crippen molar-refractivity contribution in [2.75, 3.05) is 18.4 Å². The molecule has 0 aliphatic carbocycles. The van der Waals surface area contributed by atoms with E-state index in [-0.39, 0.29) is 30.9 Å². The molecule has 2 N–H and O–H groups in total. The molecular weight excluding hydrogens is 406 g/mol. The van der Waals surface area contributed by atoms with Crippen LogP contribution < -0.4 is 10.6 Å². The van der Waals surface area contributed by atoms with Gasteiger partial charge in [-0.15, -0.1) is 0 Å². The van der Waals surface area contributed by atoms with E-state index < -0.39 is 12.1 Å². The lowest BCUT2D eigenvalue weighted by atomic mass is 9.93. The fraction of sp³-hybridized carbons (Fsp3) is 0.417. The number of nitrogens with zero attached hydrogens (tertiary/aromatic N) is 3. The Morgan fingerprint density at radius 3 is 2.66 bits per heavy atom. The largest absolute Gasteiger partial charge is 0.327 e. The Labute approximate surface area is 188 Å². The van der Waals surface area contributed by atoms with E-state index in [1.807, 2.05) is 30.3 Å². The lowest BCUT2D eigenvalue weighted by Crippen LogP contribution is -2.70. The molecule has 0 saturated carbocycles. The molecule has 0 radical (unpaired) electrons. The van der Waals surface area contributed by atoms with Gasteiger partial charge in [0.15, 0.2) is 0 Å². The topological polar surface area (TPSA) is 94.6 Å². The van der Waals surface area contributed by atoms with Crippen LogP contribution in [-0.2, 0) is 16.1 Å². The number of aromatic nitrogens is 1. The molecule has 4 rings (SSSR count). The van der Waals surface area contributed by atoms with E-state index in [0.29, 0.717) is 30.3 Å². The van der Waals surface area contributed by atoms with Gasteiger partial charge in [-0.3, -0.25) is 19.5 Å². The van der Waals surface area contributed by atoms with Crippen LogP contribution in [0.3, 0.4) is 0 Å². The molecule has 32 heavy (non-hydrogen) atoms. The van der Waals surface area contributed by atoms with Crippen molar-refractivity contribution >= 4 is 23.5 Å². The number of urea groups is 1. The predicted octanol–water partition coefficient (Wildman–Crippen LogP) is 2.73.